The second-order valence-electron chi connectivity index (χ2n) is 3.78. The molecule has 102 valence electrons. The Morgan fingerprint density at radius 3 is 2.12 bits per heavy atom. The molecule has 0 fully saturated rings. The number of aliphatic hydroxyl groups excluding tert-OH is 1. The maximum atomic E-state index is 11.0. The van der Waals surface area contributed by atoms with Crippen LogP contribution in [0.4, 0.5) is 0 Å². The van der Waals surface area contributed by atoms with E-state index in [0.29, 0.717) is 5.57 Å². The first-order valence-corrected chi connectivity index (χ1v) is 5.37. The normalized spacial score (nSPS) is 13.1. The highest BCUT2D eigenvalue weighted by Gasteiger charge is 2.08. The van der Waals surface area contributed by atoms with Crippen LogP contribution in [0.15, 0.2) is 12.2 Å². The number of carbonyl (C=O) groups is 1. The van der Waals surface area contributed by atoms with Crippen molar-refractivity contribution in [2.45, 2.75) is 33.0 Å². The summed E-state index contributed by atoms with van der Waals surface area (Å²) in [5.41, 5.74) is 0.368. The first kappa shape index (κ1) is 18.5. The van der Waals surface area contributed by atoms with Gasteiger partial charge in [0.25, 0.3) is 0 Å². The number of ether oxygens (including phenoxy) is 3. The monoisotopic (exact) mass is 248 g/mol. The minimum atomic E-state index is -0.505. The van der Waals surface area contributed by atoms with Gasteiger partial charge in [0.15, 0.2) is 0 Å². The zero-order valence-electron chi connectivity index (χ0n) is 11.4. The molecule has 5 heteroatoms. The number of esters is 1. The van der Waals surface area contributed by atoms with Gasteiger partial charge >= 0.3 is 5.97 Å². The van der Waals surface area contributed by atoms with Gasteiger partial charge in [0.2, 0.25) is 0 Å². The van der Waals surface area contributed by atoms with E-state index in [1.54, 1.807) is 35.0 Å². The second kappa shape index (κ2) is 11.6. The minimum Gasteiger partial charge on any atom is -0.460 e. The molecule has 0 aromatic carbocycles. The predicted molar refractivity (Wildman–Crippen MR) is 65.8 cm³/mol. The van der Waals surface area contributed by atoms with Gasteiger partial charge < -0.3 is 19.3 Å². The average Bonchev–Trinajstić information content (AvgIpc) is 2.23. The lowest BCUT2D eigenvalue weighted by atomic mass is 10.3. The number of carbonyl (C=O) groups excluding carboxylic acids is 1. The van der Waals surface area contributed by atoms with Gasteiger partial charge in [-0.25, -0.2) is 4.79 Å². The Morgan fingerprint density at radius 2 is 1.76 bits per heavy atom. The Labute approximate surface area is 103 Å². The third-order valence-corrected chi connectivity index (χ3v) is 1.42. The van der Waals surface area contributed by atoms with Crippen LogP contribution in [0.2, 0.25) is 0 Å². The summed E-state index contributed by atoms with van der Waals surface area (Å²) in [6, 6.07) is 0. The molecule has 1 N–H and O–H groups in total. The molecule has 0 saturated carbocycles. The molecule has 0 spiro atoms. The van der Waals surface area contributed by atoms with Gasteiger partial charge in [0.1, 0.15) is 6.61 Å². The van der Waals surface area contributed by atoms with Crippen molar-refractivity contribution in [3.05, 3.63) is 12.2 Å². The maximum absolute atomic E-state index is 11.0. The highest BCUT2D eigenvalue weighted by Crippen LogP contribution is 1.97. The standard InChI is InChI=1S/C10H18O4.C2H6O/c1-7(2)10(12)14-6-9(4)13-5-8(3)11;1-3-2/h8-9,11H,1,5-6H2,2-4H3;1-2H3. The summed E-state index contributed by atoms with van der Waals surface area (Å²) < 4.78 is 14.3. The number of aliphatic hydroxyl groups is 1. The van der Waals surface area contributed by atoms with Crippen molar-refractivity contribution in [3.8, 4) is 0 Å². The SMILES string of the molecule is C=C(C)C(=O)OCC(C)OCC(C)O.COC. The third kappa shape index (κ3) is 15.1. The summed E-state index contributed by atoms with van der Waals surface area (Å²) in [5.74, 6) is -0.419. The quantitative estimate of drug-likeness (QED) is 0.564. The van der Waals surface area contributed by atoms with Crippen molar-refractivity contribution in [1.82, 2.24) is 0 Å². The summed E-state index contributed by atoms with van der Waals surface area (Å²) >= 11 is 0. The minimum absolute atomic E-state index is 0.179. The van der Waals surface area contributed by atoms with Gasteiger partial charge in [-0.05, 0) is 20.8 Å². The fraction of sp³-hybridized carbons (Fsp3) is 0.750. The molecule has 0 amide bonds. The van der Waals surface area contributed by atoms with E-state index in [0.717, 1.165) is 0 Å². The van der Waals surface area contributed by atoms with Gasteiger partial charge in [-0.15, -0.1) is 0 Å². The van der Waals surface area contributed by atoms with Gasteiger partial charge in [0, 0.05) is 19.8 Å². The fourth-order valence-corrected chi connectivity index (χ4v) is 0.668. The third-order valence-electron chi connectivity index (χ3n) is 1.42. The van der Waals surface area contributed by atoms with Gasteiger partial charge in [-0.2, -0.15) is 0 Å². The van der Waals surface area contributed by atoms with Crippen LogP contribution in [-0.4, -0.2) is 50.7 Å². The van der Waals surface area contributed by atoms with Crippen LogP contribution in [0, 0.1) is 0 Å². The summed E-state index contributed by atoms with van der Waals surface area (Å²) in [5, 5.41) is 8.92. The lowest BCUT2D eigenvalue weighted by Gasteiger charge is -2.14. The van der Waals surface area contributed by atoms with Gasteiger partial charge in [-0.3, -0.25) is 0 Å². The van der Waals surface area contributed by atoms with Crippen molar-refractivity contribution in [3.63, 3.8) is 0 Å². The summed E-state index contributed by atoms with van der Waals surface area (Å²) in [6.45, 7) is 8.86. The van der Waals surface area contributed by atoms with Gasteiger partial charge in [0.05, 0.1) is 18.8 Å². The molecule has 0 aliphatic heterocycles. The molecule has 0 saturated heterocycles. The Balaban J connectivity index is 0. The first-order valence-electron chi connectivity index (χ1n) is 5.37. The Kier molecular flexibility index (Phi) is 12.6. The molecule has 0 heterocycles. The first-order chi connectivity index (χ1) is 7.84. The zero-order chi connectivity index (χ0) is 13.8. The summed E-state index contributed by atoms with van der Waals surface area (Å²) in [4.78, 5) is 11.0. The topological polar surface area (TPSA) is 65.0 Å². The molecule has 0 rings (SSSR count). The maximum Gasteiger partial charge on any atom is 0.333 e. The lowest BCUT2D eigenvalue weighted by molar-refractivity contribution is -0.143. The molecule has 5 nitrogen and oxygen atoms in total. The van der Waals surface area contributed by atoms with E-state index >= 15 is 0 Å². The van der Waals surface area contributed by atoms with Crippen LogP contribution in [0.5, 0.6) is 0 Å². The molecule has 0 aliphatic rings. The van der Waals surface area contributed by atoms with Crippen LogP contribution >= 0.6 is 0 Å². The van der Waals surface area contributed by atoms with Crippen molar-refractivity contribution in [2.75, 3.05) is 27.4 Å². The van der Waals surface area contributed by atoms with Crippen molar-refractivity contribution >= 4 is 5.97 Å². The molecule has 0 aromatic rings. The van der Waals surface area contributed by atoms with E-state index in [1.165, 1.54) is 0 Å². The molecule has 2 atom stereocenters. The van der Waals surface area contributed by atoms with Crippen molar-refractivity contribution < 1.29 is 24.1 Å². The molecule has 0 radical (unpaired) electrons. The van der Waals surface area contributed by atoms with Crippen LogP contribution in [-0.2, 0) is 19.0 Å². The summed E-state index contributed by atoms with van der Waals surface area (Å²) in [6.07, 6.45) is -0.720. The highest BCUT2D eigenvalue weighted by atomic mass is 16.6. The van der Waals surface area contributed by atoms with Gasteiger partial charge in [-0.1, -0.05) is 6.58 Å². The Hall–Kier alpha value is -0.910. The van der Waals surface area contributed by atoms with Crippen LogP contribution in [0.3, 0.4) is 0 Å². The smallest absolute Gasteiger partial charge is 0.333 e. The highest BCUT2D eigenvalue weighted by molar-refractivity contribution is 5.86. The van der Waals surface area contributed by atoms with E-state index in [1.807, 2.05) is 0 Å². The largest absolute Gasteiger partial charge is 0.460 e. The van der Waals surface area contributed by atoms with E-state index in [2.05, 4.69) is 11.3 Å². The predicted octanol–water partition coefficient (Wildman–Crippen LogP) is 1.15. The van der Waals surface area contributed by atoms with Crippen LogP contribution in [0.1, 0.15) is 20.8 Å². The summed E-state index contributed by atoms with van der Waals surface area (Å²) in [7, 11) is 3.25. The van der Waals surface area contributed by atoms with Crippen LogP contribution < -0.4 is 0 Å². The molecule has 0 aromatic heterocycles. The number of rotatable bonds is 6. The lowest BCUT2D eigenvalue weighted by Crippen LogP contribution is -2.23. The van der Waals surface area contributed by atoms with E-state index in [4.69, 9.17) is 14.6 Å². The fourth-order valence-electron chi connectivity index (χ4n) is 0.668. The Bertz CT molecular complexity index is 213. The molecule has 0 aliphatic carbocycles. The molecule has 17 heavy (non-hydrogen) atoms. The Morgan fingerprint density at radius 1 is 1.29 bits per heavy atom. The van der Waals surface area contributed by atoms with E-state index in [9.17, 15) is 4.79 Å². The molecule has 2 unspecified atom stereocenters. The zero-order valence-corrected chi connectivity index (χ0v) is 11.4. The van der Waals surface area contributed by atoms with Crippen LogP contribution in [0.25, 0.3) is 0 Å². The molecular weight excluding hydrogens is 224 g/mol. The number of hydrogen-bond donors (Lipinski definition) is 1. The van der Waals surface area contributed by atoms with E-state index < -0.39 is 12.1 Å². The van der Waals surface area contributed by atoms with E-state index in [-0.39, 0.29) is 19.3 Å². The second-order valence-corrected chi connectivity index (χ2v) is 3.78. The number of hydrogen-bond acceptors (Lipinski definition) is 5. The van der Waals surface area contributed by atoms with Crippen molar-refractivity contribution in [1.29, 1.82) is 0 Å². The van der Waals surface area contributed by atoms with Crippen molar-refractivity contribution in [2.24, 2.45) is 0 Å². The average molecular weight is 248 g/mol. The molecular formula is C12H24O5. The number of methoxy groups -OCH3 is 1. The molecule has 0 bridgehead atoms.